The van der Waals surface area contributed by atoms with Crippen LogP contribution < -0.4 is 4.31 Å². The van der Waals surface area contributed by atoms with E-state index in [0.29, 0.717) is 12.2 Å². The highest BCUT2D eigenvalue weighted by atomic mass is 32.2. The van der Waals surface area contributed by atoms with Gasteiger partial charge in [0.05, 0.1) is 17.0 Å². The molecule has 0 aliphatic carbocycles. The number of carbonyl (C=O) groups is 1. The minimum Gasteiger partial charge on any atom is -0.341 e. The van der Waals surface area contributed by atoms with Crippen LogP contribution >= 0.6 is 0 Å². The summed E-state index contributed by atoms with van der Waals surface area (Å²) in [5.74, 6) is 0.00636. The van der Waals surface area contributed by atoms with Gasteiger partial charge in [0, 0.05) is 20.6 Å². The number of rotatable bonds is 7. The molecule has 1 amide bonds. The Kier molecular flexibility index (Phi) is 6.34. The summed E-state index contributed by atoms with van der Waals surface area (Å²) >= 11 is 0. The number of anilines is 1. The minimum atomic E-state index is -3.62. The van der Waals surface area contributed by atoms with Crippen LogP contribution in [0.4, 0.5) is 5.69 Å². The smallest absolute Gasteiger partial charge is 0.264 e. The van der Waals surface area contributed by atoms with Crippen molar-refractivity contribution in [1.82, 2.24) is 4.90 Å². The molecular weight excluding hydrogens is 384 g/mol. The Morgan fingerprint density at radius 1 is 0.759 bits per heavy atom. The second kappa shape index (κ2) is 8.92. The SMILES string of the molecule is CN(Cc1ccccc1)C(=O)Cc1ccc(N(C)S(=O)(=O)c2ccccc2)cc1. The number of sulfonamides is 1. The van der Waals surface area contributed by atoms with Gasteiger partial charge in [0.2, 0.25) is 5.91 Å². The third kappa shape index (κ3) is 5.03. The first-order valence-electron chi connectivity index (χ1n) is 9.29. The molecule has 5 nitrogen and oxygen atoms in total. The molecule has 3 aromatic carbocycles. The van der Waals surface area contributed by atoms with E-state index in [2.05, 4.69) is 0 Å². The summed E-state index contributed by atoms with van der Waals surface area (Å²) in [6.45, 7) is 0.551. The van der Waals surface area contributed by atoms with Crippen LogP contribution in [0.2, 0.25) is 0 Å². The van der Waals surface area contributed by atoms with Crippen LogP contribution in [0, 0.1) is 0 Å². The molecule has 6 heteroatoms. The van der Waals surface area contributed by atoms with Crippen molar-refractivity contribution >= 4 is 21.6 Å². The first-order chi connectivity index (χ1) is 13.9. The average molecular weight is 409 g/mol. The van der Waals surface area contributed by atoms with Crippen LogP contribution in [-0.2, 0) is 27.8 Å². The molecular formula is C23H24N2O3S. The lowest BCUT2D eigenvalue weighted by molar-refractivity contribution is -0.129. The molecule has 0 N–H and O–H groups in total. The molecule has 0 spiro atoms. The third-order valence-corrected chi connectivity index (χ3v) is 6.55. The zero-order valence-electron chi connectivity index (χ0n) is 16.5. The first-order valence-corrected chi connectivity index (χ1v) is 10.7. The number of hydrogen-bond acceptors (Lipinski definition) is 3. The number of nitrogens with zero attached hydrogens (tertiary/aromatic N) is 2. The van der Waals surface area contributed by atoms with Crippen molar-refractivity contribution in [2.45, 2.75) is 17.9 Å². The summed E-state index contributed by atoms with van der Waals surface area (Å²) in [7, 11) is -0.312. The predicted molar refractivity (Wildman–Crippen MR) is 115 cm³/mol. The summed E-state index contributed by atoms with van der Waals surface area (Å²) in [5, 5.41) is 0. The van der Waals surface area contributed by atoms with Crippen LogP contribution in [0.1, 0.15) is 11.1 Å². The molecule has 150 valence electrons. The van der Waals surface area contributed by atoms with Crippen LogP contribution in [-0.4, -0.2) is 33.3 Å². The molecule has 0 aliphatic rings. The van der Waals surface area contributed by atoms with Crippen LogP contribution in [0.15, 0.2) is 89.8 Å². The molecule has 0 atom stereocenters. The van der Waals surface area contributed by atoms with E-state index in [1.54, 1.807) is 66.5 Å². The number of amides is 1. The summed E-state index contributed by atoms with van der Waals surface area (Å²) < 4.78 is 26.7. The van der Waals surface area contributed by atoms with Gasteiger partial charge in [-0.1, -0.05) is 60.7 Å². The van der Waals surface area contributed by atoms with Gasteiger partial charge >= 0.3 is 0 Å². The standard InChI is InChI=1S/C23H24N2O3S/c1-24(18-20-9-5-3-6-10-20)23(26)17-19-13-15-21(16-14-19)25(2)29(27,28)22-11-7-4-8-12-22/h3-16H,17-18H2,1-2H3. The molecule has 0 saturated heterocycles. The molecule has 0 aromatic heterocycles. The van der Waals surface area contributed by atoms with Gasteiger partial charge in [0.1, 0.15) is 0 Å². The van der Waals surface area contributed by atoms with Crippen molar-refractivity contribution < 1.29 is 13.2 Å². The van der Waals surface area contributed by atoms with E-state index < -0.39 is 10.0 Å². The maximum Gasteiger partial charge on any atom is 0.264 e. The molecule has 0 fully saturated rings. The fraction of sp³-hybridized carbons (Fsp3) is 0.174. The van der Waals surface area contributed by atoms with Gasteiger partial charge in [-0.2, -0.15) is 0 Å². The van der Waals surface area contributed by atoms with Crippen LogP contribution in [0.5, 0.6) is 0 Å². The molecule has 3 aromatic rings. The first kappa shape index (κ1) is 20.6. The van der Waals surface area contributed by atoms with Gasteiger partial charge in [0.15, 0.2) is 0 Å². The molecule has 3 rings (SSSR count). The highest BCUT2D eigenvalue weighted by Gasteiger charge is 2.21. The van der Waals surface area contributed by atoms with E-state index in [-0.39, 0.29) is 17.2 Å². The Morgan fingerprint density at radius 3 is 1.90 bits per heavy atom. The summed E-state index contributed by atoms with van der Waals surface area (Å²) in [4.78, 5) is 14.4. The van der Waals surface area contributed by atoms with Gasteiger partial charge in [0.25, 0.3) is 10.0 Å². The second-order valence-electron chi connectivity index (χ2n) is 6.86. The number of hydrogen-bond donors (Lipinski definition) is 0. The summed E-state index contributed by atoms with van der Waals surface area (Å²) in [6, 6.07) is 25.2. The summed E-state index contributed by atoms with van der Waals surface area (Å²) in [5.41, 5.74) is 2.46. The van der Waals surface area contributed by atoms with Gasteiger partial charge in [-0.05, 0) is 35.4 Å². The van der Waals surface area contributed by atoms with Crippen molar-refractivity contribution in [3.8, 4) is 0 Å². The Bertz CT molecular complexity index is 1050. The zero-order chi connectivity index (χ0) is 20.9. The lowest BCUT2D eigenvalue weighted by Gasteiger charge is -2.20. The zero-order valence-corrected chi connectivity index (χ0v) is 17.3. The second-order valence-corrected chi connectivity index (χ2v) is 8.83. The van der Waals surface area contributed by atoms with Gasteiger partial charge in [-0.3, -0.25) is 9.10 Å². The van der Waals surface area contributed by atoms with E-state index in [1.807, 2.05) is 30.3 Å². The maximum absolute atomic E-state index is 12.7. The van der Waals surface area contributed by atoms with E-state index in [9.17, 15) is 13.2 Å². The van der Waals surface area contributed by atoms with E-state index in [1.165, 1.54) is 11.4 Å². The molecule has 0 bridgehead atoms. The Morgan fingerprint density at radius 2 is 1.31 bits per heavy atom. The Hall–Kier alpha value is -3.12. The quantitative estimate of drug-likeness (QED) is 0.599. The summed E-state index contributed by atoms with van der Waals surface area (Å²) in [6.07, 6.45) is 0.263. The highest BCUT2D eigenvalue weighted by Crippen LogP contribution is 2.22. The molecule has 0 saturated carbocycles. The molecule has 29 heavy (non-hydrogen) atoms. The van der Waals surface area contributed by atoms with Gasteiger partial charge in [-0.15, -0.1) is 0 Å². The van der Waals surface area contributed by atoms with Crippen molar-refractivity contribution in [1.29, 1.82) is 0 Å². The van der Waals surface area contributed by atoms with E-state index in [4.69, 9.17) is 0 Å². The fourth-order valence-corrected chi connectivity index (χ4v) is 4.18. The van der Waals surface area contributed by atoms with Crippen molar-refractivity contribution in [2.75, 3.05) is 18.4 Å². The lowest BCUT2D eigenvalue weighted by Crippen LogP contribution is -2.28. The number of benzene rings is 3. The number of carbonyl (C=O) groups excluding carboxylic acids is 1. The fourth-order valence-electron chi connectivity index (χ4n) is 2.97. The third-order valence-electron chi connectivity index (χ3n) is 4.75. The van der Waals surface area contributed by atoms with Crippen LogP contribution in [0.3, 0.4) is 0 Å². The van der Waals surface area contributed by atoms with Crippen molar-refractivity contribution in [3.63, 3.8) is 0 Å². The number of likely N-dealkylation sites (N-methyl/N-ethyl adjacent to an activating group) is 1. The largest absolute Gasteiger partial charge is 0.341 e. The Balaban J connectivity index is 1.66. The van der Waals surface area contributed by atoms with Gasteiger partial charge in [-0.25, -0.2) is 8.42 Å². The van der Waals surface area contributed by atoms with E-state index in [0.717, 1.165) is 11.1 Å². The molecule has 0 radical (unpaired) electrons. The van der Waals surface area contributed by atoms with Crippen LogP contribution in [0.25, 0.3) is 0 Å². The van der Waals surface area contributed by atoms with Gasteiger partial charge < -0.3 is 4.90 Å². The Labute approximate surface area is 172 Å². The molecule has 0 unspecified atom stereocenters. The topological polar surface area (TPSA) is 57.7 Å². The minimum absolute atomic E-state index is 0.00636. The molecule has 0 heterocycles. The predicted octanol–water partition coefficient (Wildman–Crippen LogP) is 3.71. The van der Waals surface area contributed by atoms with Crippen molar-refractivity contribution in [2.24, 2.45) is 0 Å². The highest BCUT2D eigenvalue weighted by molar-refractivity contribution is 7.92. The monoisotopic (exact) mass is 408 g/mol. The maximum atomic E-state index is 12.7. The average Bonchev–Trinajstić information content (AvgIpc) is 2.75. The molecule has 0 aliphatic heterocycles. The lowest BCUT2D eigenvalue weighted by atomic mass is 10.1. The van der Waals surface area contributed by atoms with E-state index >= 15 is 0 Å². The normalized spacial score (nSPS) is 11.1. The van der Waals surface area contributed by atoms with Crippen molar-refractivity contribution in [3.05, 3.63) is 96.1 Å².